The highest BCUT2D eigenvalue weighted by Crippen LogP contribution is 2.13. The van der Waals surface area contributed by atoms with Gasteiger partial charge in [-0.15, -0.1) is 0 Å². The molecule has 0 aromatic rings. The molecule has 1 amide bonds. The quantitative estimate of drug-likeness (QED) is 0.208. The van der Waals surface area contributed by atoms with Crippen LogP contribution in [-0.4, -0.2) is 35.6 Å². The number of amides is 1. The highest BCUT2D eigenvalue weighted by atomic mass is 16.4. The standard InChI is InChI=1S/C24H48N2O3/c1-4-5-6-7-8-9-10-11-12-13-14-15-16-17-18-19-23(27)25-20-22(24(28)29)26-21(2)3/h21-22,26H,4-20H2,1-3H3,(H,25,27)(H,28,29). The normalized spacial score (nSPS) is 12.3. The van der Waals surface area contributed by atoms with E-state index in [9.17, 15) is 9.59 Å². The minimum atomic E-state index is -0.925. The van der Waals surface area contributed by atoms with Gasteiger partial charge in [-0.25, -0.2) is 0 Å². The van der Waals surface area contributed by atoms with E-state index in [-0.39, 0.29) is 18.5 Å². The maximum atomic E-state index is 11.9. The zero-order chi connectivity index (χ0) is 21.7. The number of carbonyl (C=O) groups is 2. The Hall–Kier alpha value is -1.10. The molecule has 0 aliphatic heterocycles. The summed E-state index contributed by atoms with van der Waals surface area (Å²) in [6.07, 6.45) is 20.1. The van der Waals surface area contributed by atoms with Crippen LogP contribution in [0.2, 0.25) is 0 Å². The lowest BCUT2D eigenvalue weighted by molar-refractivity contribution is -0.139. The van der Waals surface area contributed by atoms with Gasteiger partial charge in [0.05, 0.1) is 0 Å². The number of hydrogen-bond acceptors (Lipinski definition) is 3. The molecule has 0 aliphatic carbocycles. The summed E-state index contributed by atoms with van der Waals surface area (Å²) in [6.45, 7) is 6.20. The van der Waals surface area contributed by atoms with Gasteiger partial charge in [0.1, 0.15) is 6.04 Å². The molecule has 0 saturated carbocycles. The van der Waals surface area contributed by atoms with Crippen LogP contribution in [0, 0.1) is 0 Å². The summed E-state index contributed by atoms with van der Waals surface area (Å²) in [5.74, 6) is -0.970. The van der Waals surface area contributed by atoms with E-state index in [2.05, 4.69) is 17.6 Å². The van der Waals surface area contributed by atoms with Gasteiger partial charge in [0, 0.05) is 19.0 Å². The second-order valence-corrected chi connectivity index (χ2v) is 8.72. The summed E-state index contributed by atoms with van der Waals surface area (Å²) >= 11 is 0. The van der Waals surface area contributed by atoms with Gasteiger partial charge >= 0.3 is 5.97 Å². The van der Waals surface area contributed by atoms with Crippen molar-refractivity contribution in [3.8, 4) is 0 Å². The molecule has 0 fully saturated rings. The monoisotopic (exact) mass is 412 g/mol. The van der Waals surface area contributed by atoms with E-state index in [1.54, 1.807) is 0 Å². The predicted molar refractivity (Wildman–Crippen MR) is 122 cm³/mol. The molecular weight excluding hydrogens is 364 g/mol. The zero-order valence-electron chi connectivity index (χ0n) is 19.4. The summed E-state index contributed by atoms with van der Waals surface area (Å²) in [5.41, 5.74) is 0. The molecule has 0 aromatic carbocycles. The van der Waals surface area contributed by atoms with Crippen molar-refractivity contribution in [3.63, 3.8) is 0 Å². The molecule has 0 saturated heterocycles. The van der Waals surface area contributed by atoms with E-state index in [0.29, 0.717) is 6.42 Å². The third-order valence-corrected chi connectivity index (χ3v) is 5.34. The molecule has 0 radical (unpaired) electrons. The first kappa shape index (κ1) is 27.9. The van der Waals surface area contributed by atoms with Crippen LogP contribution in [0.3, 0.4) is 0 Å². The lowest BCUT2D eigenvalue weighted by Gasteiger charge is -2.17. The van der Waals surface area contributed by atoms with Gasteiger partial charge in [-0.1, -0.05) is 111 Å². The van der Waals surface area contributed by atoms with E-state index in [0.717, 1.165) is 12.8 Å². The van der Waals surface area contributed by atoms with Gasteiger partial charge in [0.2, 0.25) is 5.91 Å². The second-order valence-electron chi connectivity index (χ2n) is 8.72. The first-order valence-corrected chi connectivity index (χ1v) is 12.2. The number of carboxylic acids is 1. The van der Waals surface area contributed by atoms with Crippen LogP contribution in [0.15, 0.2) is 0 Å². The Morgan fingerprint density at radius 2 is 1.14 bits per heavy atom. The van der Waals surface area contributed by atoms with E-state index in [1.807, 2.05) is 13.8 Å². The van der Waals surface area contributed by atoms with Gasteiger partial charge in [-0.05, 0) is 6.42 Å². The van der Waals surface area contributed by atoms with Gasteiger partial charge in [-0.3, -0.25) is 9.59 Å². The molecule has 29 heavy (non-hydrogen) atoms. The average molecular weight is 413 g/mol. The van der Waals surface area contributed by atoms with Gasteiger partial charge in [-0.2, -0.15) is 0 Å². The lowest BCUT2D eigenvalue weighted by atomic mass is 10.0. The largest absolute Gasteiger partial charge is 0.480 e. The fourth-order valence-electron chi connectivity index (χ4n) is 3.58. The van der Waals surface area contributed by atoms with Crippen LogP contribution in [0.5, 0.6) is 0 Å². The lowest BCUT2D eigenvalue weighted by Crippen LogP contribution is -2.48. The smallest absolute Gasteiger partial charge is 0.322 e. The third kappa shape index (κ3) is 20.0. The van der Waals surface area contributed by atoms with Crippen molar-refractivity contribution in [1.82, 2.24) is 10.6 Å². The van der Waals surface area contributed by atoms with E-state index in [4.69, 9.17) is 5.11 Å². The predicted octanol–water partition coefficient (Wildman–Crippen LogP) is 5.82. The highest BCUT2D eigenvalue weighted by Gasteiger charge is 2.18. The second kappa shape index (κ2) is 20.2. The maximum absolute atomic E-state index is 11.9. The Kier molecular flexibility index (Phi) is 19.4. The summed E-state index contributed by atoms with van der Waals surface area (Å²) in [4.78, 5) is 23.0. The van der Waals surface area contributed by atoms with Crippen molar-refractivity contribution in [3.05, 3.63) is 0 Å². The first-order valence-electron chi connectivity index (χ1n) is 12.2. The van der Waals surface area contributed by atoms with E-state index >= 15 is 0 Å². The van der Waals surface area contributed by atoms with Gasteiger partial charge in [0.25, 0.3) is 0 Å². The van der Waals surface area contributed by atoms with E-state index < -0.39 is 12.0 Å². The fraction of sp³-hybridized carbons (Fsp3) is 0.917. The molecule has 0 aromatic heterocycles. The van der Waals surface area contributed by atoms with Crippen LogP contribution >= 0.6 is 0 Å². The van der Waals surface area contributed by atoms with Crippen molar-refractivity contribution in [2.75, 3.05) is 6.54 Å². The molecule has 0 spiro atoms. The summed E-state index contributed by atoms with van der Waals surface area (Å²) in [5, 5.41) is 14.8. The summed E-state index contributed by atoms with van der Waals surface area (Å²) in [7, 11) is 0. The molecule has 5 nitrogen and oxygen atoms in total. The number of carbonyl (C=O) groups excluding carboxylic acids is 1. The Labute approximate surface area is 179 Å². The minimum absolute atomic E-state index is 0.0449. The van der Waals surface area contributed by atoms with Crippen molar-refractivity contribution in [1.29, 1.82) is 0 Å². The first-order chi connectivity index (χ1) is 14.0. The Balaban J connectivity index is 3.39. The number of carboxylic acid groups (broad SMARTS) is 1. The third-order valence-electron chi connectivity index (χ3n) is 5.34. The molecule has 5 heteroatoms. The number of unbranched alkanes of at least 4 members (excludes halogenated alkanes) is 14. The Morgan fingerprint density at radius 3 is 1.52 bits per heavy atom. The molecule has 0 aliphatic rings. The van der Waals surface area contributed by atoms with Crippen LogP contribution in [0.4, 0.5) is 0 Å². The minimum Gasteiger partial charge on any atom is -0.480 e. The number of rotatable bonds is 21. The highest BCUT2D eigenvalue weighted by molar-refractivity contribution is 5.78. The van der Waals surface area contributed by atoms with Crippen molar-refractivity contribution in [2.24, 2.45) is 0 Å². The number of aliphatic carboxylic acids is 1. The summed E-state index contributed by atoms with van der Waals surface area (Å²) < 4.78 is 0. The van der Waals surface area contributed by atoms with Crippen molar-refractivity contribution >= 4 is 11.9 Å². The van der Waals surface area contributed by atoms with Crippen LogP contribution < -0.4 is 10.6 Å². The number of nitrogens with one attached hydrogen (secondary N) is 2. The van der Waals surface area contributed by atoms with Crippen molar-refractivity contribution < 1.29 is 14.7 Å². The molecule has 3 N–H and O–H groups in total. The molecule has 0 heterocycles. The van der Waals surface area contributed by atoms with Crippen LogP contribution in [0.25, 0.3) is 0 Å². The SMILES string of the molecule is CCCCCCCCCCCCCCCCCC(=O)NCC(NC(C)C)C(=O)O. The summed E-state index contributed by atoms with van der Waals surface area (Å²) in [6, 6.07) is -0.649. The fourth-order valence-corrected chi connectivity index (χ4v) is 3.58. The van der Waals surface area contributed by atoms with Crippen molar-refractivity contribution in [2.45, 2.75) is 136 Å². The molecule has 1 unspecified atom stereocenters. The molecule has 0 bridgehead atoms. The van der Waals surface area contributed by atoms with E-state index in [1.165, 1.54) is 83.5 Å². The average Bonchev–Trinajstić information content (AvgIpc) is 2.67. The van der Waals surface area contributed by atoms with Crippen LogP contribution in [0.1, 0.15) is 124 Å². The maximum Gasteiger partial charge on any atom is 0.322 e. The van der Waals surface area contributed by atoms with Gasteiger partial charge < -0.3 is 15.7 Å². The zero-order valence-corrected chi connectivity index (χ0v) is 19.4. The molecular formula is C24H48N2O3. The molecule has 1 atom stereocenters. The topological polar surface area (TPSA) is 78.4 Å². The Bertz CT molecular complexity index is 400. The van der Waals surface area contributed by atoms with Crippen LogP contribution in [-0.2, 0) is 9.59 Å². The number of hydrogen-bond donors (Lipinski definition) is 3. The molecule has 172 valence electrons. The van der Waals surface area contributed by atoms with Gasteiger partial charge in [0.15, 0.2) is 0 Å². The Morgan fingerprint density at radius 1 is 0.724 bits per heavy atom. The molecule has 0 rings (SSSR count).